The number of nitrogens with zero attached hydrogens (tertiary/aromatic N) is 4. The highest BCUT2D eigenvalue weighted by Crippen LogP contribution is 2.27. The van der Waals surface area contributed by atoms with E-state index < -0.39 is 23.2 Å². The minimum Gasteiger partial charge on any atom is -0.479 e. The Bertz CT molecular complexity index is 812. The zero-order valence-corrected chi connectivity index (χ0v) is 14.4. The zero-order valence-electron chi connectivity index (χ0n) is 14.4. The van der Waals surface area contributed by atoms with Crippen LogP contribution < -0.4 is 10.2 Å². The summed E-state index contributed by atoms with van der Waals surface area (Å²) in [5.74, 6) is -0.451. The molecular formula is C16H21N5O4. The van der Waals surface area contributed by atoms with Crippen molar-refractivity contribution in [3.63, 3.8) is 0 Å². The molecule has 3 rings (SSSR count). The Morgan fingerprint density at radius 3 is 2.80 bits per heavy atom. The number of amides is 1. The third-order valence-electron chi connectivity index (χ3n) is 3.99. The lowest BCUT2D eigenvalue weighted by Gasteiger charge is -2.28. The number of alkyl carbamates (subject to hydrolysis) is 1. The van der Waals surface area contributed by atoms with E-state index in [2.05, 4.69) is 15.4 Å². The molecule has 2 aromatic heterocycles. The average molecular weight is 347 g/mol. The SMILES string of the molecule is CC(C)(C)OC(=O)NC1(C(=O)O)CCN(c2ccn3nccc3n2)C1. The van der Waals surface area contributed by atoms with Gasteiger partial charge in [-0.25, -0.2) is 19.1 Å². The molecule has 1 aliphatic heterocycles. The molecule has 0 bridgehead atoms. The summed E-state index contributed by atoms with van der Waals surface area (Å²) in [4.78, 5) is 30.2. The second kappa shape index (κ2) is 5.91. The van der Waals surface area contributed by atoms with Crippen LogP contribution in [-0.4, -0.2) is 56.0 Å². The van der Waals surface area contributed by atoms with Gasteiger partial charge < -0.3 is 20.1 Å². The van der Waals surface area contributed by atoms with Crippen LogP contribution in [0.4, 0.5) is 10.6 Å². The molecule has 1 unspecified atom stereocenters. The zero-order chi connectivity index (χ0) is 18.2. The summed E-state index contributed by atoms with van der Waals surface area (Å²) in [6.45, 7) is 5.75. The number of ether oxygens (including phenoxy) is 1. The van der Waals surface area contributed by atoms with Crippen molar-refractivity contribution in [1.82, 2.24) is 19.9 Å². The number of carboxylic acids is 1. The summed E-state index contributed by atoms with van der Waals surface area (Å²) >= 11 is 0. The smallest absolute Gasteiger partial charge is 0.408 e. The van der Waals surface area contributed by atoms with Gasteiger partial charge >= 0.3 is 12.1 Å². The summed E-state index contributed by atoms with van der Waals surface area (Å²) in [6.07, 6.45) is 2.92. The number of aliphatic carboxylic acids is 1. The first-order chi connectivity index (χ1) is 11.7. The van der Waals surface area contributed by atoms with E-state index >= 15 is 0 Å². The van der Waals surface area contributed by atoms with E-state index in [-0.39, 0.29) is 13.0 Å². The maximum Gasteiger partial charge on any atom is 0.408 e. The van der Waals surface area contributed by atoms with Gasteiger partial charge in [0.15, 0.2) is 11.2 Å². The molecule has 134 valence electrons. The monoisotopic (exact) mass is 347 g/mol. The van der Waals surface area contributed by atoms with Crippen LogP contribution >= 0.6 is 0 Å². The van der Waals surface area contributed by atoms with Gasteiger partial charge in [0.25, 0.3) is 0 Å². The Labute approximate surface area is 144 Å². The maximum atomic E-state index is 12.1. The largest absolute Gasteiger partial charge is 0.479 e. The van der Waals surface area contributed by atoms with E-state index in [1.165, 1.54) is 0 Å². The molecular weight excluding hydrogens is 326 g/mol. The predicted molar refractivity (Wildman–Crippen MR) is 89.6 cm³/mol. The fourth-order valence-corrected chi connectivity index (χ4v) is 2.81. The number of carboxylic acid groups (broad SMARTS) is 1. The van der Waals surface area contributed by atoms with Gasteiger partial charge in [0.1, 0.15) is 11.4 Å². The van der Waals surface area contributed by atoms with Crippen LogP contribution in [0.15, 0.2) is 24.5 Å². The van der Waals surface area contributed by atoms with E-state index in [9.17, 15) is 14.7 Å². The first-order valence-corrected chi connectivity index (χ1v) is 7.98. The number of aromatic nitrogens is 3. The molecule has 1 amide bonds. The Morgan fingerprint density at radius 1 is 1.36 bits per heavy atom. The van der Waals surface area contributed by atoms with Crippen LogP contribution in [0.2, 0.25) is 0 Å². The van der Waals surface area contributed by atoms with Gasteiger partial charge in [-0.2, -0.15) is 5.10 Å². The summed E-state index contributed by atoms with van der Waals surface area (Å²) < 4.78 is 6.83. The Hall–Kier alpha value is -2.84. The minimum atomic E-state index is -1.41. The molecule has 0 spiro atoms. The number of hydrogen-bond acceptors (Lipinski definition) is 6. The van der Waals surface area contributed by atoms with Gasteiger partial charge in [-0.05, 0) is 26.8 Å². The Balaban J connectivity index is 1.78. The van der Waals surface area contributed by atoms with E-state index in [1.807, 2.05) is 4.90 Å². The Morgan fingerprint density at radius 2 is 2.12 bits per heavy atom. The maximum absolute atomic E-state index is 12.1. The quantitative estimate of drug-likeness (QED) is 0.861. The van der Waals surface area contributed by atoms with Crippen LogP contribution in [0.3, 0.4) is 0 Å². The molecule has 0 aromatic carbocycles. The van der Waals surface area contributed by atoms with Crippen molar-refractivity contribution in [2.24, 2.45) is 0 Å². The molecule has 1 atom stereocenters. The van der Waals surface area contributed by atoms with Crippen molar-refractivity contribution >= 4 is 23.5 Å². The summed E-state index contributed by atoms with van der Waals surface area (Å²) in [5.41, 5.74) is -1.43. The van der Waals surface area contributed by atoms with Crippen LogP contribution in [0.1, 0.15) is 27.2 Å². The van der Waals surface area contributed by atoms with Crippen molar-refractivity contribution in [1.29, 1.82) is 0 Å². The van der Waals surface area contributed by atoms with Crippen LogP contribution in [-0.2, 0) is 9.53 Å². The highest BCUT2D eigenvalue weighted by atomic mass is 16.6. The van der Waals surface area contributed by atoms with Crippen molar-refractivity contribution in [3.8, 4) is 0 Å². The van der Waals surface area contributed by atoms with Crippen molar-refractivity contribution in [3.05, 3.63) is 24.5 Å². The standard InChI is InChI=1S/C16H21N5O4/c1-15(2,3)25-14(24)19-16(13(22)23)6-9-20(10-16)11-5-8-21-12(18-11)4-7-17-21/h4-5,7-8H,6,9-10H2,1-3H3,(H,19,24)(H,22,23). The molecule has 2 N–H and O–H groups in total. The summed E-state index contributed by atoms with van der Waals surface area (Å²) in [5, 5.41) is 16.3. The topological polar surface area (TPSA) is 109 Å². The third-order valence-corrected chi connectivity index (χ3v) is 3.99. The number of carbonyl (C=O) groups is 2. The number of fused-ring (bicyclic) bond motifs is 1. The summed E-state index contributed by atoms with van der Waals surface area (Å²) in [6, 6.07) is 3.54. The number of hydrogen-bond donors (Lipinski definition) is 2. The van der Waals surface area contributed by atoms with Gasteiger partial charge in [0.2, 0.25) is 0 Å². The first-order valence-electron chi connectivity index (χ1n) is 7.98. The van der Waals surface area contributed by atoms with Gasteiger partial charge in [-0.15, -0.1) is 0 Å². The lowest BCUT2D eigenvalue weighted by molar-refractivity contribution is -0.143. The van der Waals surface area contributed by atoms with E-state index in [0.717, 1.165) is 0 Å². The van der Waals surface area contributed by atoms with Gasteiger partial charge in [-0.3, -0.25) is 0 Å². The van der Waals surface area contributed by atoms with E-state index in [0.29, 0.717) is 18.0 Å². The second-order valence-electron chi connectivity index (χ2n) is 7.11. The third kappa shape index (κ3) is 3.49. The first kappa shape index (κ1) is 17.0. The number of rotatable bonds is 3. The lowest BCUT2D eigenvalue weighted by Crippen LogP contribution is -2.57. The summed E-state index contributed by atoms with van der Waals surface area (Å²) in [7, 11) is 0. The fraction of sp³-hybridized carbons (Fsp3) is 0.500. The molecule has 2 aromatic rings. The molecule has 1 fully saturated rings. The number of carbonyl (C=O) groups excluding carboxylic acids is 1. The lowest BCUT2D eigenvalue weighted by atomic mass is 9.99. The molecule has 25 heavy (non-hydrogen) atoms. The molecule has 1 aliphatic rings. The molecule has 3 heterocycles. The van der Waals surface area contributed by atoms with Crippen molar-refractivity contribution in [2.75, 3.05) is 18.0 Å². The van der Waals surface area contributed by atoms with Gasteiger partial charge in [0, 0.05) is 25.2 Å². The molecule has 0 radical (unpaired) electrons. The molecule has 0 aliphatic carbocycles. The molecule has 0 saturated carbocycles. The minimum absolute atomic E-state index is 0.110. The normalized spacial score (nSPS) is 20.7. The second-order valence-corrected chi connectivity index (χ2v) is 7.11. The number of nitrogens with one attached hydrogen (secondary N) is 1. The highest BCUT2D eigenvalue weighted by Gasteiger charge is 2.47. The van der Waals surface area contributed by atoms with Crippen molar-refractivity contribution < 1.29 is 19.4 Å². The highest BCUT2D eigenvalue weighted by molar-refractivity contribution is 5.86. The van der Waals surface area contributed by atoms with Gasteiger partial charge in [0.05, 0.1) is 12.7 Å². The fourth-order valence-electron chi connectivity index (χ4n) is 2.81. The molecule has 9 heteroatoms. The average Bonchev–Trinajstić information content (AvgIpc) is 3.11. The van der Waals surface area contributed by atoms with Crippen molar-refractivity contribution in [2.45, 2.75) is 38.3 Å². The van der Waals surface area contributed by atoms with Crippen LogP contribution in [0.25, 0.3) is 5.65 Å². The Kier molecular flexibility index (Phi) is 4.02. The van der Waals surface area contributed by atoms with Gasteiger partial charge in [-0.1, -0.05) is 0 Å². The predicted octanol–water partition coefficient (Wildman–Crippen LogP) is 1.29. The number of anilines is 1. The van der Waals surface area contributed by atoms with Crippen LogP contribution in [0.5, 0.6) is 0 Å². The molecule has 1 saturated heterocycles. The molecule has 9 nitrogen and oxygen atoms in total. The van der Waals surface area contributed by atoms with E-state index in [4.69, 9.17) is 4.74 Å². The van der Waals surface area contributed by atoms with Crippen LogP contribution in [0, 0.1) is 0 Å². The van der Waals surface area contributed by atoms with E-state index in [1.54, 1.807) is 49.8 Å².